The molecule has 1 N–H and O–H groups in total. The average molecular weight is 281 g/mol. The van der Waals surface area contributed by atoms with Crippen LogP contribution in [0.2, 0.25) is 0 Å². The second kappa shape index (κ2) is 9.41. The number of carbonyl (C=O) groups excluding carboxylic acids is 1. The Bertz CT molecular complexity index is 253. The van der Waals surface area contributed by atoms with Crippen molar-refractivity contribution in [3.63, 3.8) is 0 Å². The van der Waals surface area contributed by atoms with Crippen LogP contribution in [0, 0.1) is 5.41 Å². The van der Waals surface area contributed by atoms with Crippen LogP contribution in [0.5, 0.6) is 0 Å². The van der Waals surface area contributed by atoms with E-state index < -0.39 is 0 Å². The molecule has 1 fully saturated rings. The van der Waals surface area contributed by atoms with Crippen LogP contribution in [0.4, 0.5) is 0 Å². The van der Waals surface area contributed by atoms with Crippen LogP contribution >= 0.6 is 0 Å². The Balaban J connectivity index is 2.41. The standard InChI is InChI=1S/C18H35NO/c1-18(2,3)17(20)19-16-14-12-10-8-6-4-5-7-9-11-13-15-16/h16H,4-15H2,1-3H3,(H,19,20). The molecule has 0 aromatic rings. The predicted molar refractivity (Wildman–Crippen MR) is 86.8 cm³/mol. The van der Waals surface area contributed by atoms with Gasteiger partial charge in [0.1, 0.15) is 0 Å². The summed E-state index contributed by atoms with van der Waals surface area (Å²) >= 11 is 0. The van der Waals surface area contributed by atoms with E-state index in [9.17, 15) is 4.79 Å². The van der Waals surface area contributed by atoms with Gasteiger partial charge in [0.15, 0.2) is 0 Å². The van der Waals surface area contributed by atoms with E-state index in [4.69, 9.17) is 0 Å². The molecule has 1 aliphatic rings. The number of hydrogen-bond donors (Lipinski definition) is 1. The second-order valence-corrected chi connectivity index (χ2v) is 7.53. The summed E-state index contributed by atoms with van der Waals surface area (Å²) in [6.07, 6.45) is 15.9. The van der Waals surface area contributed by atoms with Crippen molar-refractivity contribution in [2.75, 3.05) is 0 Å². The van der Waals surface area contributed by atoms with Gasteiger partial charge in [0, 0.05) is 11.5 Å². The quantitative estimate of drug-likeness (QED) is 0.702. The van der Waals surface area contributed by atoms with Gasteiger partial charge >= 0.3 is 0 Å². The van der Waals surface area contributed by atoms with Crippen molar-refractivity contribution < 1.29 is 4.79 Å². The molecule has 0 atom stereocenters. The van der Waals surface area contributed by atoms with Crippen LogP contribution in [0.1, 0.15) is 97.8 Å². The number of hydrogen-bond acceptors (Lipinski definition) is 1. The molecule has 0 saturated heterocycles. The van der Waals surface area contributed by atoms with Gasteiger partial charge in [0.25, 0.3) is 0 Å². The molecule has 2 heteroatoms. The van der Waals surface area contributed by atoms with Crippen LogP contribution in [0.25, 0.3) is 0 Å². The second-order valence-electron chi connectivity index (χ2n) is 7.53. The fourth-order valence-electron chi connectivity index (χ4n) is 2.89. The van der Waals surface area contributed by atoms with Crippen molar-refractivity contribution in [1.29, 1.82) is 0 Å². The molecule has 0 aromatic carbocycles. The lowest BCUT2D eigenvalue weighted by atomic mass is 9.93. The molecule has 1 saturated carbocycles. The minimum atomic E-state index is -0.263. The number of amides is 1. The van der Waals surface area contributed by atoms with Crippen LogP contribution in [0.3, 0.4) is 0 Å². The molecule has 0 bridgehead atoms. The zero-order chi connectivity index (χ0) is 14.8. The summed E-state index contributed by atoms with van der Waals surface area (Å²) in [5.74, 6) is 0.215. The number of nitrogens with one attached hydrogen (secondary N) is 1. The third-order valence-electron chi connectivity index (χ3n) is 4.37. The van der Waals surface area contributed by atoms with E-state index in [0.717, 1.165) is 0 Å². The van der Waals surface area contributed by atoms with E-state index in [1.165, 1.54) is 77.0 Å². The highest BCUT2D eigenvalue weighted by Crippen LogP contribution is 2.19. The van der Waals surface area contributed by atoms with Gasteiger partial charge in [-0.25, -0.2) is 0 Å². The van der Waals surface area contributed by atoms with E-state index in [1.807, 2.05) is 20.8 Å². The first kappa shape index (κ1) is 17.5. The lowest BCUT2D eigenvalue weighted by molar-refractivity contribution is -0.129. The first-order valence-corrected chi connectivity index (χ1v) is 8.81. The van der Waals surface area contributed by atoms with Crippen LogP contribution in [-0.4, -0.2) is 11.9 Å². The molecular weight excluding hydrogens is 246 g/mol. The van der Waals surface area contributed by atoms with Crippen molar-refractivity contribution >= 4 is 5.91 Å². The van der Waals surface area contributed by atoms with Crippen molar-refractivity contribution in [2.45, 2.75) is 104 Å². The van der Waals surface area contributed by atoms with E-state index in [0.29, 0.717) is 6.04 Å². The molecule has 118 valence electrons. The maximum absolute atomic E-state index is 12.2. The number of carbonyl (C=O) groups is 1. The van der Waals surface area contributed by atoms with Gasteiger partial charge in [-0.05, 0) is 12.8 Å². The lowest BCUT2D eigenvalue weighted by Crippen LogP contribution is -2.41. The third-order valence-corrected chi connectivity index (χ3v) is 4.37. The topological polar surface area (TPSA) is 29.1 Å². The smallest absolute Gasteiger partial charge is 0.225 e. The van der Waals surface area contributed by atoms with Gasteiger partial charge < -0.3 is 5.32 Å². The van der Waals surface area contributed by atoms with Gasteiger partial charge in [-0.15, -0.1) is 0 Å². The molecule has 0 radical (unpaired) electrons. The first-order valence-electron chi connectivity index (χ1n) is 8.81. The van der Waals surface area contributed by atoms with Crippen molar-refractivity contribution in [3.05, 3.63) is 0 Å². The summed E-state index contributed by atoms with van der Waals surface area (Å²) in [5, 5.41) is 3.29. The molecule has 1 amide bonds. The largest absolute Gasteiger partial charge is 0.353 e. The van der Waals surface area contributed by atoms with E-state index in [2.05, 4.69) is 5.32 Å². The monoisotopic (exact) mass is 281 g/mol. The van der Waals surface area contributed by atoms with Gasteiger partial charge in [0.05, 0.1) is 0 Å². The molecule has 0 heterocycles. The minimum Gasteiger partial charge on any atom is -0.353 e. The minimum absolute atomic E-state index is 0.215. The molecular formula is C18H35NO. The molecule has 20 heavy (non-hydrogen) atoms. The highest BCUT2D eigenvalue weighted by atomic mass is 16.2. The zero-order valence-electron chi connectivity index (χ0n) is 14.0. The SMILES string of the molecule is CC(C)(C)C(=O)NC1CCCCCCCCCCCC1. The molecule has 0 aliphatic heterocycles. The Morgan fingerprint density at radius 3 is 1.45 bits per heavy atom. The van der Waals surface area contributed by atoms with Crippen molar-refractivity contribution in [2.24, 2.45) is 5.41 Å². The highest BCUT2D eigenvalue weighted by Gasteiger charge is 2.23. The summed E-state index contributed by atoms with van der Waals surface area (Å²) in [5.41, 5.74) is -0.263. The summed E-state index contributed by atoms with van der Waals surface area (Å²) in [7, 11) is 0. The Labute approximate surface area is 126 Å². The van der Waals surface area contributed by atoms with Crippen molar-refractivity contribution in [3.8, 4) is 0 Å². The Morgan fingerprint density at radius 2 is 1.10 bits per heavy atom. The Kier molecular flexibility index (Phi) is 8.25. The Hall–Kier alpha value is -0.530. The molecule has 2 nitrogen and oxygen atoms in total. The molecule has 0 unspecified atom stereocenters. The van der Waals surface area contributed by atoms with Crippen LogP contribution in [-0.2, 0) is 4.79 Å². The Morgan fingerprint density at radius 1 is 0.750 bits per heavy atom. The molecule has 1 aliphatic carbocycles. The highest BCUT2D eigenvalue weighted by molar-refractivity contribution is 5.81. The van der Waals surface area contributed by atoms with Gasteiger partial charge in [-0.1, -0.05) is 85.0 Å². The molecule has 0 spiro atoms. The molecule has 0 aromatic heterocycles. The van der Waals surface area contributed by atoms with E-state index in [1.54, 1.807) is 0 Å². The maximum Gasteiger partial charge on any atom is 0.225 e. The zero-order valence-corrected chi connectivity index (χ0v) is 14.0. The normalized spacial score (nSPS) is 21.4. The summed E-state index contributed by atoms with van der Waals surface area (Å²) in [6.45, 7) is 6.01. The predicted octanol–water partition coefficient (Wildman–Crippen LogP) is 5.21. The van der Waals surface area contributed by atoms with Gasteiger partial charge in [0.2, 0.25) is 5.91 Å². The molecule has 1 rings (SSSR count). The van der Waals surface area contributed by atoms with E-state index in [-0.39, 0.29) is 11.3 Å². The summed E-state index contributed by atoms with van der Waals surface area (Å²) in [4.78, 5) is 12.2. The van der Waals surface area contributed by atoms with Crippen LogP contribution < -0.4 is 5.32 Å². The average Bonchev–Trinajstić information content (AvgIpc) is 2.39. The fourth-order valence-corrected chi connectivity index (χ4v) is 2.89. The van der Waals surface area contributed by atoms with Crippen LogP contribution in [0.15, 0.2) is 0 Å². The van der Waals surface area contributed by atoms with Crippen molar-refractivity contribution in [1.82, 2.24) is 5.32 Å². The summed E-state index contributed by atoms with van der Waals surface area (Å²) < 4.78 is 0. The van der Waals surface area contributed by atoms with Gasteiger partial charge in [-0.3, -0.25) is 4.79 Å². The number of rotatable bonds is 1. The lowest BCUT2D eigenvalue weighted by Gasteiger charge is -2.24. The third kappa shape index (κ3) is 7.91. The fraction of sp³-hybridized carbons (Fsp3) is 0.944. The van der Waals surface area contributed by atoms with Gasteiger partial charge in [-0.2, -0.15) is 0 Å². The van der Waals surface area contributed by atoms with E-state index >= 15 is 0 Å². The summed E-state index contributed by atoms with van der Waals surface area (Å²) in [6, 6.07) is 0.405. The maximum atomic E-state index is 12.2. The first-order chi connectivity index (χ1) is 9.50.